The number of benzene rings is 1. The van der Waals surface area contributed by atoms with Crippen LogP contribution < -0.4 is 15.4 Å². The number of nitro benzene ring substituents is 1. The average molecular weight is 316 g/mol. The predicted octanol–water partition coefficient (Wildman–Crippen LogP) is 1.38. The Hall–Kier alpha value is -1.87. The fourth-order valence-electron chi connectivity index (χ4n) is 1.82. The van der Waals surface area contributed by atoms with Gasteiger partial charge >= 0.3 is 0 Å². The summed E-state index contributed by atoms with van der Waals surface area (Å²) in [6.45, 7) is 3.72. The van der Waals surface area contributed by atoms with Crippen molar-refractivity contribution in [1.29, 1.82) is 0 Å². The van der Waals surface area contributed by atoms with Gasteiger partial charge in [0.15, 0.2) is 0 Å². The van der Waals surface area contributed by atoms with Gasteiger partial charge in [-0.05, 0) is 19.9 Å². The number of sulfonamides is 1. The van der Waals surface area contributed by atoms with Crippen molar-refractivity contribution >= 4 is 27.1 Å². The van der Waals surface area contributed by atoms with Gasteiger partial charge in [-0.3, -0.25) is 10.1 Å². The van der Waals surface area contributed by atoms with Gasteiger partial charge in [0.1, 0.15) is 0 Å². The normalized spacial score (nSPS) is 12.0. The fourth-order valence-corrected chi connectivity index (χ4v) is 2.90. The molecule has 3 N–H and O–H groups in total. The molecule has 0 aromatic heterocycles. The average Bonchev–Trinajstić information content (AvgIpc) is 2.33. The van der Waals surface area contributed by atoms with Crippen molar-refractivity contribution in [3.8, 4) is 0 Å². The number of nitro groups is 1. The van der Waals surface area contributed by atoms with Crippen LogP contribution in [-0.4, -0.2) is 38.7 Å². The van der Waals surface area contributed by atoms with E-state index in [-0.39, 0.29) is 12.2 Å². The lowest BCUT2D eigenvalue weighted by molar-refractivity contribution is -0.384. The molecule has 0 fully saturated rings. The first kappa shape index (κ1) is 17.2. The summed E-state index contributed by atoms with van der Waals surface area (Å²) in [6.07, 6.45) is 1.08. The molecular formula is C12H20N4O4S. The molecule has 1 aromatic rings. The Morgan fingerprint density at radius 3 is 2.29 bits per heavy atom. The molecule has 0 atom stereocenters. The lowest BCUT2D eigenvalue weighted by Crippen LogP contribution is -2.47. The van der Waals surface area contributed by atoms with E-state index in [1.54, 1.807) is 27.0 Å². The van der Waals surface area contributed by atoms with Crippen LogP contribution in [0.3, 0.4) is 0 Å². The molecule has 0 aliphatic heterocycles. The van der Waals surface area contributed by atoms with Crippen LogP contribution in [0, 0.1) is 10.1 Å². The quantitative estimate of drug-likeness (QED) is 0.517. The standard InChI is InChI=1S/C12H20N4O4S/c1-12(2,15-21(4,19)20)8-14-10-5-9(13-3)6-11(7-10)16(17)18/h5-7,13-15H,8H2,1-4H3. The van der Waals surface area contributed by atoms with E-state index in [1.165, 1.54) is 12.1 Å². The minimum Gasteiger partial charge on any atom is -0.388 e. The van der Waals surface area contributed by atoms with E-state index < -0.39 is 20.5 Å². The molecule has 0 bridgehead atoms. The number of hydrogen-bond acceptors (Lipinski definition) is 6. The number of nitrogens with one attached hydrogen (secondary N) is 3. The highest BCUT2D eigenvalue weighted by atomic mass is 32.2. The Kier molecular flexibility index (Phi) is 5.13. The van der Waals surface area contributed by atoms with Crippen molar-refractivity contribution in [2.75, 3.05) is 30.5 Å². The summed E-state index contributed by atoms with van der Waals surface area (Å²) >= 11 is 0. The maximum atomic E-state index is 11.3. The summed E-state index contributed by atoms with van der Waals surface area (Å²) in [4.78, 5) is 10.4. The maximum Gasteiger partial charge on any atom is 0.273 e. The molecule has 21 heavy (non-hydrogen) atoms. The molecule has 0 amide bonds. The number of non-ortho nitro benzene ring substituents is 1. The van der Waals surface area contributed by atoms with Gasteiger partial charge in [0.2, 0.25) is 10.0 Å². The van der Waals surface area contributed by atoms with Gasteiger partial charge in [0, 0.05) is 42.6 Å². The van der Waals surface area contributed by atoms with E-state index in [1.807, 2.05) is 0 Å². The molecule has 0 saturated heterocycles. The molecule has 0 saturated carbocycles. The van der Waals surface area contributed by atoms with Crippen LogP contribution in [0.1, 0.15) is 13.8 Å². The number of rotatable bonds is 7. The molecule has 0 unspecified atom stereocenters. The number of nitrogens with zero attached hydrogens (tertiary/aromatic N) is 1. The van der Waals surface area contributed by atoms with Gasteiger partial charge < -0.3 is 10.6 Å². The van der Waals surface area contributed by atoms with Crippen LogP contribution in [0.4, 0.5) is 17.1 Å². The minimum absolute atomic E-state index is 0.0433. The number of hydrogen-bond donors (Lipinski definition) is 3. The summed E-state index contributed by atoms with van der Waals surface area (Å²) in [5.41, 5.74) is 0.369. The van der Waals surface area contributed by atoms with Gasteiger partial charge in [0.25, 0.3) is 5.69 Å². The summed E-state index contributed by atoms with van der Waals surface area (Å²) < 4.78 is 25.0. The second-order valence-electron chi connectivity index (χ2n) is 5.39. The van der Waals surface area contributed by atoms with Crippen LogP contribution in [-0.2, 0) is 10.0 Å². The van der Waals surface area contributed by atoms with E-state index in [9.17, 15) is 18.5 Å². The van der Waals surface area contributed by atoms with Crippen LogP contribution in [0.2, 0.25) is 0 Å². The van der Waals surface area contributed by atoms with Crippen LogP contribution in [0.15, 0.2) is 18.2 Å². The second kappa shape index (κ2) is 6.27. The van der Waals surface area contributed by atoms with Gasteiger partial charge in [-0.25, -0.2) is 13.1 Å². The fraction of sp³-hybridized carbons (Fsp3) is 0.500. The molecule has 0 spiro atoms. The Labute approximate surface area is 124 Å². The van der Waals surface area contributed by atoms with E-state index in [0.29, 0.717) is 11.4 Å². The Bertz CT molecular complexity index is 628. The highest BCUT2D eigenvalue weighted by Crippen LogP contribution is 2.24. The van der Waals surface area contributed by atoms with Crippen molar-refractivity contribution in [3.05, 3.63) is 28.3 Å². The Balaban J connectivity index is 2.88. The lowest BCUT2D eigenvalue weighted by atomic mass is 10.1. The molecule has 0 heterocycles. The van der Waals surface area contributed by atoms with Crippen molar-refractivity contribution in [2.24, 2.45) is 0 Å². The topological polar surface area (TPSA) is 113 Å². The van der Waals surface area contributed by atoms with Gasteiger partial charge in [-0.2, -0.15) is 0 Å². The third-order valence-corrected chi connectivity index (χ3v) is 3.54. The molecule has 0 radical (unpaired) electrons. The lowest BCUT2D eigenvalue weighted by Gasteiger charge is -2.26. The molecule has 1 rings (SSSR count). The first-order valence-corrected chi connectivity index (χ1v) is 8.12. The zero-order valence-corrected chi connectivity index (χ0v) is 13.2. The minimum atomic E-state index is -3.33. The first-order chi connectivity index (χ1) is 9.52. The Morgan fingerprint density at radius 1 is 1.24 bits per heavy atom. The van der Waals surface area contributed by atoms with Crippen LogP contribution >= 0.6 is 0 Å². The third kappa shape index (κ3) is 5.96. The van der Waals surface area contributed by atoms with Crippen molar-refractivity contribution in [1.82, 2.24) is 4.72 Å². The Morgan fingerprint density at radius 2 is 1.81 bits per heavy atom. The zero-order valence-electron chi connectivity index (χ0n) is 12.4. The summed E-state index contributed by atoms with van der Waals surface area (Å²) in [7, 11) is -1.67. The van der Waals surface area contributed by atoms with Crippen LogP contribution in [0.5, 0.6) is 0 Å². The van der Waals surface area contributed by atoms with Gasteiger partial charge in [-0.15, -0.1) is 0 Å². The summed E-state index contributed by atoms with van der Waals surface area (Å²) in [5, 5.41) is 16.7. The molecule has 1 aromatic carbocycles. The summed E-state index contributed by atoms with van der Waals surface area (Å²) in [6, 6.07) is 4.53. The summed E-state index contributed by atoms with van der Waals surface area (Å²) in [5.74, 6) is 0. The predicted molar refractivity (Wildman–Crippen MR) is 83.2 cm³/mol. The van der Waals surface area contributed by atoms with Crippen molar-refractivity contribution in [2.45, 2.75) is 19.4 Å². The molecule has 0 aliphatic carbocycles. The van der Waals surface area contributed by atoms with E-state index in [2.05, 4.69) is 15.4 Å². The number of anilines is 2. The molecule has 0 aliphatic rings. The van der Waals surface area contributed by atoms with Crippen LogP contribution in [0.25, 0.3) is 0 Å². The molecule has 118 valence electrons. The smallest absolute Gasteiger partial charge is 0.273 e. The van der Waals surface area contributed by atoms with E-state index in [0.717, 1.165) is 6.26 Å². The van der Waals surface area contributed by atoms with Crippen molar-refractivity contribution in [3.63, 3.8) is 0 Å². The highest BCUT2D eigenvalue weighted by Gasteiger charge is 2.22. The molecule has 8 nitrogen and oxygen atoms in total. The first-order valence-electron chi connectivity index (χ1n) is 6.22. The van der Waals surface area contributed by atoms with E-state index in [4.69, 9.17) is 0 Å². The van der Waals surface area contributed by atoms with Gasteiger partial charge in [-0.1, -0.05) is 0 Å². The maximum absolute atomic E-state index is 11.3. The SMILES string of the molecule is CNc1cc(NCC(C)(C)NS(C)(=O)=O)cc([N+](=O)[O-])c1. The zero-order chi connectivity index (χ0) is 16.3. The molecular weight excluding hydrogens is 296 g/mol. The third-order valence-electron chi connectivity index (χ3n) is 2.61. The van der Waals surface area contributed by atoms with Crippen molar-refractivity contribution < 1.29 is 13.3 Å². The molecule has 9 heteroatoms. The highest BCUT2D eigenvalue weighted by molar-refractivity contribution is 7.88. The monoisotopic (exact) mass is 316 g/mol. The van der Waals surface area contributed by atoms with E-state index >= 15 is 0 Å². The largest absolute Gasteiger partial charge is 0.388 e. The second-order valence-corrected chi connectivity index (χ2v) is 7.14. The van der Waals surface area contributed by atoms with Gasteiger partial charge in [0.05, 0.1) is 11.2 Å².